The number of benzene rings is 2. The van der Waals surface area contributed by atoms with Crippen LogP contribution in [0.1, 0.15) is 38.4 Å². The Hall–Kier alpha value is -2.22. The van der Waals surface area contributed by atoms with Crippen LogP contribution in [-0.4, -0.2) is 64.7 Å². The molecule has 8 heteroatoms. The number of alkyl halides is 2. The quantitative estimate of drug-likeness (QED) is 0.369. The Labute approximate surface area is 216 Å². The number of fused-ring (bicyclic) bond motifs is 3. The fourth-order valence-corrected chi connectivity index (χ4v) is 5.07. The molecule has 1 N–H and O–H groups in total. The van der Waals surface area contributed by atoms with Gasteiger partial charge in [-0.05, 0) is 51.8 Å². The number of hydrogen-bond acceptors (Lipinski definition) is 3. The molecule has 2 aliphatic heterocycles. The minimum atomic E-state index is -1.14. The number of para-hydroxylation sites is 1. The number of aromatic amines is 1. The van der Waals surface area contributed by atoms with Gasteiger partial charge in [0.15, 0.2) is 0 Å². The predicted octanol–water partition coefficient (Wildman–Crippen LogP) is 6.32. The van der Waals surface area contributed by atoms with Gasteiger partial charge in [-0.15, -0.1) is 11.6 Å². The second-order valence-electron chi connectivity index (χ2n) is 10.5. The van der Waals surface area contributed by atoms with Crippen molar-refractivity contribution < 1.29 is 17.9 Å². The van der Waals surface area contributed by atoms with Crippen molar-refractivity contribution in [2.45, 2.75) is 58.0 Å². The SMILES string of the molecule is CC1Cc2c([nH]c3ccccc23)CN1CC(C)(C)F.Fc1cc(F)cc(OC2CN(CCCCl)C2)c1. The van der Waals surface area contributed by atoms with E-state index in [1.807, 2.05) is 0 Å². The number of nitrogens with zero attached hydrogens (tertiary/aromatic N) is 2. The summed E-state index contributed by atoms with van der Waals surface area (Å²) in [6.07, 6.45) is 1.96. The molecule has 0 saturated carbocycles. The Kier molecular flexibility index (Phi) is 8.53. The van der Waals surface area contributed by atoms with Crippen LogP contribution in [0.2, 0.25) is 0 Å². The molecule has 0 aliphatic carbocycles. The molecule has 1 aromatic heterocycles. The molecule has 1 saturated heterocycles. The molecule has 4 nitrogen and oxygen atoms in total. The summed E-state index contributed by atoms with van der Waals surface area (Å²) in [4.78, 5) is 7.92. The summed E-state index contributed by atoms with van der Waals surface area (Å²) in [5.41, 5.74) is 2.72. The average Bonchev–Trinajstić information content (AvgIpc) is 3.11. The molecule has 36 heavy (non-hydrogen) atoms. The average molecular weight is 522 g/mol. The zero-order valence-electron chi connectivity index (χ0n) is 21.2. The van der Waals surface area contributed by atoms with Crippen molar-refractivity contribution in [3.8, 4) is 5.75 Å². The Morgan fingerprint density at radius 3 is 2.47 bits per heavy atom. The molecule has 196 valence electrons. The van der Waals surface area contributed by atoms with Crippen molar-refractivity contribution in [1.29, 1.82) is 0 Å². The van der Waals surface area contributed by atoms with E-state index in [0.717, 1.165) is 45.1 Å². The monoisotopic (exact) mass is 521 g/mol. The lowest BCUT2D eigenvalue weighted by atomic mass is 9.96. The van der Waals surface area contributed by atoms with Crippen LogP contribution in [0.15, 0.2) is 42.5 Å². The number of rotatable bonds is 7. The molecule has 0 amide bonds. The minimum Gasteiger partial charge on any atom is -0.488 e. The first-order valence-corrected chi connectivity index (χ1v) is 13.1. The van der Waals surface area contributed by atoms with E-state index in [1.165, 1.54) is 34.3 Å². The summed E-state index contributed by atoms with van der Waals surface area (Å²) >= 11 is 5.59. The van der Waals surface area contributed by atoms with Crippen LogP contribution in [0.4, 0.5) is 13.2 Å². The third kappa shape index (κ3) is 6.96. The second-order valence-corrected chi connectivity index (χ2v) is 10.8. The number of likely N-dealkylation sites (tertiary alicyclic amines) is 1. The van der Waals surface area contributed by atoms with Crippen LogP contribution in [0.3, 0.4) is 0 Å². The van der Waals surface area contributed by atoms with Gasteiger partial charge in [-0.2, -0.15) is 0 Å². The van der Waals surface area contributed by atoms with Crippen LogP contribution in [0.5, 0.6) is 5.75 Å². The van der Waals surface area contributed by atoms with Crippen molar-refractivity contribution >= 4 is 22.5 Å². The minimum absolute atomic E-state index is 0.0199. The van der Waals surface area contributed by atoms with Gasteiger partial charge < -0.3 is 9.72 Å². The van der Waals surface area contributed by atoms with E-state index in [1.54, 1.807) is 13.8 Å². The first-order valence-electron chi connectivity index (χ1n) is 12.5. The van der Waals surface area contributed by atoms with E-state index in [4.69, 9.17) is 16.3 Å². The zero-order valence-corrected chi connectivity index (χ0v) is 21.9. The van der Waals surface area contributed by atoms with Crippen LogP contribution >= 0.6 is 11.6 Å². The van der Waals surface area contributed by atoms with Crippen molar-refractivity contribution in [3.63, 3.8) is 0 Å². The maximum atomic E-state index is 13.9. The van der Waals surface area contributed by atoms with E-state index >= 15 is 0 Å². The molecule has 0 spiro atoms. The van der Waals surface area contributed by atoms with Gasteiger partial charge in [0.25, 0.3) is 0 Å². The van der Waals surface area contributed by atoms with Gasteiger partial charge in [0.2, 0.25) is 0 Å². The third-order valence-corrected chi connectivity index (χ3v) is 6.90. The van der Waals surface area contributed by atoms with Gasteiger partial charge in [0.05, 0.1) is 0 Å². The molecular weight excluding hydrogens is 487 g/mol. The highest BCUT2D eigenvalue weighted by molar-refractivity contribution is 6.17. The molecule has 3 heterocycles. The smallest absolute Gasteiger partial charge is 0.129 e. The predicted molar refractivity (Wildman–Crippen MR) is 140 cm³/mol. The lowest BCUT2D eigenvalue weighted by Crippen LogP contribution is -2.53. The molecule has 0 radical (unpaired) electrons. The zero-order chi connectivity index (χ0) is 25.9. The normalized spacial score (nSPS) is 18.9. The summed E-state index contributed by atoms with van der Waals surface area (Å²) in [5.74, 6) is -0.321. The lowest BCUT2D eigenvalue weighted by molar-refractivity contribution is 0.0200. The first-order chi connectivity index (χ1) is 17.1. The fourth-order valence-electron chi connectivity index (χ4n) is 4.95. The first kappa shape index (κ1) is 26.8. The van der Waals surface area contributed by atoms with Crippen LogP contribution in [0.25, 0.3) is 10.9 Å². The van der Waals surface area contributed by atoms with Gasteiger partial charge in [0, 0.05) is 72.9 Å². The number of nitrogens with one attached hydrogen (secondary N) is 1. The highest BCUT2D eigenvalue weighted by Gasteiger charge is 2.30. The maximum Gasteiger partial charge on any atom is 0.129 e. The van der Waals surface area contributed by atoms with Gasteiger partial charge in [0.1, 0.15) is 29.2 Å². The molecular formula is C28H35ClF3N3O. The van der Waals surface area contributed by atoms with Crippen LogP contribution in [-0.2, 0) is 13.0 Å². The third-order valence-electron chi connectivity index (χ3n) is 6.64. The molecule has 1 unspecified atom stereocenters. The van der Waals surface area contributed by atoms with Crippen molar-refractivity contribution in [3.05, 3.63) is 65.4 Å². The van der Waals surface area contributed by atoms with Gasteiger partial charge in [-0.25, -0.2) is 13.2 Å². The highest BCUT2D eigenvalue weighted by atomic mass is 35.5. The van der Waals surface area contributed by atoms with Crippen molar-refractivity contribution in [2.24, 2.45) is 0 Å². The molecule has 2 aromatic carbocycles. The molecule has 2 aliphatic rings. The van der Waals surface area contributed by atoms with Crippen molar-refractivity contribution in [1.82, 2.24) is 14.8 Å². The van der Waals surface area contributed by atoms with Gasteiger partial charge in [-0.1, -0.05) is 18.2 Å². The Morgan fingerprint density at radius 2 is 1.81 bits per heavy atom. The number of halogens is 4. The molecule has 5 rings (SSSR count). The Bertz CT molecular complexity index is 1140. The van der Waals surface area contributed by atoms with Gasteiger partial charge in [-0.3, -0.25) is 9.80 Å². The van der Waals surface area contributed by atoms with Gasteiger partial charge >= 0.3 is 0 Å². The summed E-state index contributed by atoms with van der Waals surface area (Å²) < 4.78 is 45.1. The Morgan fingerprint density at radius 1 is 1.11 bits per heavy atom. The second kappa shape index (κ2) is 11.4. The largest absolute Gasteiger partial charge is 0.488 e. The van der Waals surface area contributed by atoms with E-state index in [2.05, 4.69) is 46.0 Å². The number of aromatic nitrogens is 1. The molecule has 1 atom stereocenters. The molecule has 3 aromatic rings. The molecule has 0 bridgehead atoms. The number of H-pyrrole nitrogens is 1. The van der Waals surface area contributed by atoms with E-state index < -0.39 is 17.3 Å². The van der Waals surface area contributed by atoms with E-state index in [0.29, 0.717) is 18.5 Å². The van der Waals surface area contributed by atoms with Crippen LogP contribution in [0, 0.1) is 11.6 Å². The van der Waals surface area contributed by atoms with E-state index in [9.17, 15) is 13.2 Å². The number of ether oxygens (including phenoxy) is 1. The Balaban J connectivity index is 0.000000170. The lowest BCUT2D eigenvalue weighted by Gasteiger charge is -2.38. The fraction of sp³-hybridized carbons (Fsp3) is 0.500. The summed E-state index contributed by atoms with van der Waals surface area (Å²) in [6.45, 7) is 9.32. The van der Waals surface area contributed by atoms with Crippen LogP contribution < -0.4 is 4.74 Å². The van der Waals surface area contributed by atoms with E-state index in [-0.39, 0.29) is 11.9 Å². The number of hydrogen-bond donors (Lipinski definition) is 1. The summed E-state index contributed by atoms with van der Waals surface area (Å²) in [7, 11) is 0. The summed E-state index contributed by atoms with van der Waals surface area (Å²) in [6, 6.07) is 12.0. The highest BCUT2D eigenvalue weighted by Crippen LogP contribution is 2.31. The standard InChI is InChI=1S/C16H21FN2.C12H14ClF2NO/c1-11-8-13-12-6-4-5-7-14(12)18-15(13)9-19(11)10-16(2,3)17;13-2-1-3-16-7-12(8-16)17-11-5-9(14)4-10(15)6-11/h4-7,11,18H,8-10H2,1-3H3;4-6,12H,1-3,7-8H2. The van der Waals surface area contributed by atoms with Crippen molar-refractivity contribution in [2.75, 3.05) is 32.1 Å². The topological polar surface area (TPSA) is 31.5 Å². The summed E-state index contributed by atoms with van der Waals surface area (Å²) in [5, 5.41) is 1.32. The maximum absolute atomic E-state index is 13.9. The molecule has 1 fully saturated rings.